The Labute approximate surface area is 211 Å². The van der Waals surface area contributed by atoms with Gasteiger partial charge >= 0.3 is 0 Å². The number of nitrogens with zero attached hydrogens (tertiary/aromatic N) is 1. The molecular formula is C26H25ClFN3O5. The van der Waals surface area contributed by atoms with Crippen molar-refractivity contribution in [2.45, 2.75) is 49.3 Å². The van der Waals surface area contributed by atoms with Crippen molar-refractivity contribution < 1.29 is 28.3 Å². The van der Waals surface area contributed by atoms with E-state index in [1.807, 2.05) is 30.3 Å². The minimum Gasteiger partial charge on any atom is -0.484 e. The molecule has 0 saturated heterocycles. The van der Waals surface area contributed by atoms with Crippen molar-refractivity contribution in [1.82, 2.24) is 15.8 Å². The van der Waals surface area contributed by atoms with Crippen molar-refractivity contribution in [3.8, 4) is 17.1 Å². The summed E-state index contributed by atoms with van der Waals surface area (Å²) in [4.78, 5) is 25.5. The van der Waals surface area contributed by atoms with Crippen molar-refractivity contribution in [1.29, 1.82) is 0 Å². The molecule has 3 fully saturated rings. The first-order chi connectivity index (χ1) is 17.3. The van der Waals surface area contributed by atoms with Crippen molar-refractivity contribution in [2.24, 2.45) is 0 Å². The van der Waals surface area contributed by atoms with Crippen LogP contribution in [0.5, 0.6) is 5.75 Å². The fraction of sp³-hybridized carbons (Fsp3) is 0.346. The lowest BCUT2D eigenvalue weighted by Crippen LogP contribution is -2.70. The summed E-state index contributed by atoms with van der Waals surface area (Å²) in [5.41, 5.74) is -0.401. The van der Waals surface area contributed by atoms with Crippen LogP contribution in [-0.4, -0.2) is 45.9 Å². The third kappa shape index (κ3) is 4.81. The number of aliphatic hydroxyl groups excluding tert-OH is 1. The topological polar surface area (TPSA) is 114 Å². The zero-order chi connectivity index (χ0) is 25.3. The van der Waals surface area contributed by atoms with E-state index < -0.39 is 28.9 Å². The second-order valence-electron chi connectivity index (χ2n) is 9.47. The molecule has 1 aromatic heterocycles. The molecule has 1 heterocycles. The minimum atomic E-state index is -0.852. The summed E-state index contributed by atoms with van der Waals surface area (Å²) in [5, 5.41) is 20.8. The molecule has 3 N–H and O–H groups in total. The van der Waals surface area contributed by atoms with Gasteiger partial charge in [0.25, 0.3) is 11.8 Å². The van der Waals surface area contributed by atoms with Crippen LogP contribution in [0.3, 0.4) is 0 Å². The van der Waals surface area contributed by atoms with Crippen LogP contribution in [0, 0.1) is 5.82 Å². The van der Waals surface area contributed by atoms with Crippen molar-refractivity contribution in [2.75, 3.05) is 6.61 Å². The number of amides is 2. The number of nitrogens with one attached hydrogen (secondary N) is 2. The molecule has 8 nitrogen and oxygen atoms in total. The van der Waals surface area contributed by atoms with Crippen molar-refractivity contribution >= 4 is 23.4 Å². The highest BCUT2D eigenvalue weighted by Crippen LogP contribution is 2.47. The van der Waals surface area contributed by atoms with E-state index >= 15 is 0 Å². The molecule has 1 atom stereocenters. The van der Waals surface area contributed by atoms with Gasteiger partial charge < -0.3 is 25.0 Å². The van der Waals surface area contributed by atoms with Crippen LogP contribution in [0.25, 0.3) is 11.3 Å². The molecule has 3 saturated carbocycles. The highest BCUT2D eigenvalue weighted by atomic mass is 35.5. The van der Waals surface area contributed by atoms with Gasteiger partial charge in [0.2, 0.25) is 0 Å². The summed E-state index contributed by atoms with van der Waals surface area (Å²) in [6.07, 6.45) is 1.60. The van der Waals surface area contributed by atoms with Gasteiger partial charge in [-0.05, 0) is 44.2 Å². The maximum Gasteiger partial charge on any atom is 0.273 e. The molecule has 2 amide bonds. The smallest absolute Gasteiger partial charge is 0.273 e. The number of fused-ring (bicyclic) bond motifs is 3. The van der Waals surface area contributed by atoms with Crippen LogP contribution in [0.15, 0.2) is 59.1 Å². The van der Waals surface area contributed by atoms with Crippen LogP contribution in [0.4, 0.5) is 4.39 Å². The Kier molecular flexibility index (Phi) is 6.44. The van der Waals surface area contributed by atoms with Crippen molar-refractivity contribution in [3.63, 3.8) is 0 Å². The quantitative estimate of drug-likeness (QED) is 0.442. The Bertz CT molecular complexity index is 1270. The summed E-state index contributed by atoms with van der Waals surface area (Å²) in [7, 11) is 0. The number of ether oxygens (including phenoxy) is 1. The number of hydrogen-bond acceptors (Lipinski definition) is 6. The van der Waals surface area contributed by atoms with E-state index in [1.54, 1.807) is 6.07 Å². The van der Waals surface area contributed by atoms with Gasteiger partial charge in [-0.25, -0.2) is 4.39 Å². The average Bonchev–Trinajstić information content (AvgIpc) is 3.37. The van der Waals surface area contributed by atoms with E-state index in [1.165, 1.54) is 12.1 Å². The molecule has 2 aromatic carbocycles. The van der Waals surface area contributed by atoms with E-state index in [0.29, 0.717) is 37.9 Å². The third-order valence-electron chi connectivity index (χ3n) is 7.15. The van der Waals surface area contributed by atoms with E-state index in [4.69, 9.17) is 20.9 Å². The van der Waals surface area contributed by atoms with Crippen molar-refractivity contribution in [3.05, 3.63) is 71.1 Å². The Morgan fingerprint density at radius 1 is 1.11 bits per heavy atom. The number of carbonyl (C=O) groups excluding carboxylic acids is 2. The number of benzene rings is 2. The van der Waals surface area contributed by atoms with E-state index in [0.717, 1.165) is 11.6 Å². The fourth-order valence-electron chi connectivity index (χ4n) is 5.12. The average molecular weight is 514 g/mol. The predicted octanol–water partition coefficient (Wildman–Crippen LogP) is 3.88. The van der Waals surface area contributed by atoms with Crippen LogP contribution < -0.4 is 15.4 Å². The molecule has 6 rings (SSSR count). The number of carbonyl (C=O) groups is 2. The molecule has 3 aromatic rings. The zero-order valence-electron chi connectivity index (χ0n) is 19.3. The maximum absolute atomic E-state index is 13.6. The molecule has 188 valence electrons. The largest absolute Gasteiger partial charge is 0.484 e. The van der Waals surface area contributed by atoms with Gasteiger partial charge in [0.1, 0.15) is 11.6 Å². The minimum absolute atomic E-state index is 0.0333. The van der Waals surface area contributed by atoms with Gasteiger partial charge in [-0.15, -0.1) is 0 Å². The first kappa shape index (κ1) is 24.3. The Morgan fingerprint density at radius 2 is 1.86 bits per heavy atom. The molecule has 0 radical (unpaired) electrons. The van der Waals surface area contributed by atoms with Gasteiger partial charge in [-0.2, -0.15) is 0 Å². The Balaban J connectivity index is 1.18. The van der Waals surface area contributed by atoms with Crippen LogP contribution >= 0.6 is 11.6 Å². The number of halogens is 2. The van der Waals surface area contributed by atoms with Gasteiger partial charge in [0.05, 0.1) is 16.7 Å². The number of hydrogen-bond donors (Lipinski definition) is 3. The van der Waals surface area contributed by atoms with Gasteiger partial charge in [0, 0.05) is 23.2 Å². The SMILES string of the molecule is O=C(COc1ccc(Cl)c(F)c1)NC12CCC(NC(=O)c3cc(-c4ccccc4)on3)(CC1)CC2O. The summed E-state index contributed by atoms with van der Waals surface area (Å²) in [6.45, 7) is -0.326. The second-order valence-corrected chi connectivity index (χ2v) is 9.87. The highest BCUT2D eigenvalue weighted by Gasteiger charge is 2.55. The normalized spacial score (nSPS) is 24.8. The molecule has 3 aliphatic rings. The molecule has 10 heteroatoms. The molecule has 2 bridgehead atoms. The first-order valence-electron chi connectivity index (χ1n) is 11.7. The molecular weight excluding hydrogens is 489 g/mol. The molecule has 1 unspecified atom stereocenters. The van der Waals surface area contributed by atoms with Crippen LogP contribution in [-0.2, 0) is 4.79 Å². The third-order valence-corrected chi connectivity index (χ3v) is 7.46. The lowest BCUT2D eigenvalue weighted by molar-refractivity contribution is -0.132. The van der Waals surface area contributed by atoms with Gasteiger partial charge in [0.15, 0.2) is 18.1 Å². The van der Waals surface area contributed by atoms with Crippen LogP contribution in [0.2, 0.25) is 5.02 Å². The Hall–Kier alpha value is -3.43. The first-order valence-corrected chi connectivity index (χ1v) is 12.1. The standard InChI is InChI=1S/C26H25ClFN3O5/c27-18-7-6-17(12-19(18)28)35-15-23(33)29-26-10-8-25(9-11-26,14-22(26)32)30-24(34)20-13-21(36-31-20)16-4-2-1-3-5-16/h1-7,12-13,22,32H,8-11,14-15H2,(H,29,33)(H,30,34). The number of aliphatic hydroxyl groups is 1. The lowest BCUT2D eigenvalue weighted by atomic mass is 9.60. The summed E-state index contributed by atoms with van der Waals surface area (Å²) in [6, 6.07) is 14.9. The molecule has 0 aliphatic heterocycles. The number of rotatable bonds is 7. The zero-order valence-corrected chi connectivity index (χ0v) is 20.1. The molecule has 0 spiro atoms. The van der Waals surface area contributed by atoms with E-state index in [2.05, 4.69) is 15.8 Å². The summed E-state index contributed by atoms with van der Waals surface area (Å²) in [5.74, 6) is -0.740. The Morgan fingerprint density at radius 3 is 2.56 bits per heavy atom. The maximum atomic E-state index is 13.6. The van der Waals surface area contributed by atoms with Gasteiger partial charge in [-0.1, -0.05) is 47.1 Å². The van der Waals surface area contributed by atoms with Gasteiger partial charge in [-0.3, -0.25) is 9.59 Å². The second kappa shape index (κ2) is 9.55. The predicted molar refractivity (Wildman–Crippen MR) is 129 cm³/mol. The molecule has 36 heavy (non-hydrogen) atoms. The van der Waals surface area contributed by atoms with Crippen LogP contribution in [0.1, 0.15) is 42.6 Å². The van der Waals surface area contributed by atoms with E-state index in [-0.39, 0.29) is 29.0 Å². The summed E-state index contributed by atoms with van der Waals surface area (Å²) >= 11 is 5.66. The van der Waals surface area contributed by atoms with E-state index in [9.17, 15) is 19.1 Å². The lowest BCUT2D eigenvalue weighted by Gasteiger charge is -2.56. The summed E-state index contributed by atoms with van der Waals surface area (Å²) < 4.78 is 24.3. The monoisotopic (exact) mass is 513 g/mol. The highest BCUT2D eigenvalue weighted by molar-refractivity contribution is 6.30. The molecule has 3 aliphatic carbocycles. The fourth-order valence-corrected chi connectivity index (χ4v) is 5.23. The number of aromatic nitrogens is 1.